The first-order valence-electron chi connectivity index (χ1n) is 5.41. The predicted molar refractivity (Wildman–Crippen MR) is 62.9 cm³/mol. The lowest BCUT2D eigenvalue weighted by Gasteiger charge is -2.25. The molecule has 0 saturated heterocycles. The van der Waals surface area contributed by atoms with Gasteiger partial charge in [-0.3, -0.25) is 0 Å². The van der Waals surface area contributed by atoms with Gasteiger partial charge in [0.05, 0.1) is 0 Å². The molecule has 0 fully saturated rings. The molecule has 98 valence electrons. The van der Waals surface area contributed by atoms with Gasteiger partial charge in [-0.1, -0.05) is 43.1 Å². The van der Waals surface area contributed by atoms with Crippen molar-refractivity contribution in [3.63, 3.8) is 0 Å². The van der Waals surface area contributed by atoms with E-state index in [1.165, 1.54) is 0 Å². The van der Waals surface area contributed by atoms with Crippen LogP contribution >= 0.6 is 15.9 Å². The van der Waals surface area contributed by atoms with E-state index >= 15 is 0 Å². The highest BCUT2D eigenvalue weighted by atomic mass is 79.9. The van der Waals surface area contributed by atoms with Gasteiger partial charge in [0.1, 0.15) is 6.61 Å². The average molecular weight is 305 g/mol. The molecule has 0 heterocycles. The van der Waals surface area contributed by atoms with E-state index in [-0.39, 0.29) is 12.0 Å². The smallest absolute Gasteiger partial charge is 0.372 e. The van der Waals surface area contributed by atoms with Crippen molar-refractivity contribution < 1.29 is 17.9 Å². The fraction of sp³-hybridized carbons (Fsp3) is 1.00. The fourth-order valence-electron chi connectivity index (χ4n) is 1.15. The van der Waals surface area contributed by atoms with Crippen molar-refractivity contribution in [3.8, 4) is 0 Å². The molecule has 0 aliphatic heterocycles. The molecule has 0 aromatic carbocycles. The third kappa shape index (κ3) is 9.46. The molecule has 1 nitrogen and oxygen atoms in total. The number of hydrogen-bond donors (Lipinski definition) is 0. The van der Waals surface area contributed by atoms with Crippen LogP contribution in [0.3, 0.4) is 0 Å². The Morgan fingerprint density at radius 2 is 1.69 bits per heavy atom. The third-order valence-corrected chi connectivity index (χ3v) is 4.03. The minimum Gasteiger partial charge on any atom is -0.372 e. The van der Waals surface area contributed by atoms with Crippen molar-refractivity contribution in [1.82, 2.24) is 0 Å². The van der Waals surface area contributed by atoms with Crippen LogP contribution in [0.15, 0.2) is 0 Å². The molecule has 5 heteroatoms. The Balaban J connectivity index is 3.41. The second kappa shape index (κ2) is 6.84. The van der Waals surface area contributed by atoms with Gasteiger partial charge >= 0.3 is 6.18 Å². The summed E-state index contributed by atoms with van der Waals surface area (Å²) in [5, 5.41) is 0. The summed E-state index contributed by atoms with van der Waals surface area (Å²) in [5.74, 6) is 0. The molecule has 1 unspecified atom stereocenters. The summed E-state index contributed by atoms with van der Waals surface area (Å²) in [6, 6.07) is 0. The monoisotopic (exact) mass is 304 g/mol. The van der Waals surface area contributed by atoms with Crippen LogP contribution in [-0.2, 0) is 4.74 Å². The maximum atomic E-state index is 11.7. The first-order chi connectivity index (χ1) is 7.13. The van der Waals surface area contributed by atoms with Gasteiger partial charge in [-0.2, -0.15) is 13.2 Å². The van der Waals surface area contributed by atoms with Crippen LogP contribution in [0.2, 0.25) is 0 Å². The van der Waals surface area contributed by atoms with Gasteiger partial charge in [0.2, 0.25) is 0 Å². The normalized spacial score (nSPS) is 15.2. The zero-order valence-corrected chi connectivity index (χ0v) is 11.6. The first kappa shape index (κ1) is 16.2. The molecule has 0 N–H and O–H groups in total. The molecule has 0 aromatic heterocycles. The molecular formula is C11H20BrF3O. The average Bonchev–Trinajstić information content (AvgIpc) is 2.07. The van der Waals surface area contributed by atoms with Crippen LogP contribution in [0.5, 0.6) is 0 Å². The predicted octanol–water partition coefficient (Wildman–Crippen LogP) is 4.55. The Kier molecular flexibility index (Phi) is 6.94. The van der Waals surface area contributed by atoms with E-state index in [1.807, 2.05) is 0 Å². The van der Waals surface area contributed by atoms with E-state index < -0.39 is 12.8 Å². The van der Waals surface area contributed by atoms with Crippen LogP contribution in [0.1, 0.15) is 40.0 Å². The SMILES string of the molecule is CC(C)(C)C(Br)CCCCOCC(F)(F)F. The van der Waals surface area contributed by atoms with E-state index in [2.05, 4.69) is 41.4 Å². The second-order valence-electron chi connectivity index (χ2n) is 5.00. The molecular weight excluding hydrogens is 285 g/mol. The minimum atomic E-state index is -4.20. The molecule has 1 atom stereocenters. The van der Waals surface area contributed by atoms with Gasteiger partial charge in [-0.05, 0) is 18.3 Å². The van der Waals surface area contributed by atoms with Gasteiger partial charge in [0, 0.05) is 11.4 Å². The molecule has 0 amide bonds. The van der Waals surface area contributed by atoms with Crippen molar-refractivity contribution >= 4 is 15.9 Å². The minimum absolute atomic E-state index is 0.184. The van der Waals surface area contributed by atoms with Crippen LogP contribution in [0.4, 0.5) is 13.2 Å². The summed E-state index contributed by atoms with van der Waals surface area (Å²) in [7, 11) is 0. The summed E-state index contributed by atoms with van der Waals surface area (Å²) in [6.07, 6.45) is -1.69. The van der Waals surface area contributed by atoms with Crippen LogP contribution < -0.4 is 0 Å². The molecule has 0 aliphatic carbocycles. The highest BCUT2D eigenvalue weighted by Gasteiger charge is 2.27. The summed E-state index contributed by atoms with van der Waals surface area (Å²) in [6.45, 7) is 5.44. The maximum absolute atomic E-state index is 11.7. The van der Waals surface area contributed by atoms with Crippen molar-refractivity contribution in [2.45, 2.75) is 51.0 Å². The molecule has 0 rings (SSSR count). The Bertz CT molecular complexity index is 187. The molecule has 0 aliphatic rings. The van der Waals surface area contributed by atoms with Crippen molar-refractivity contribution in [1.29, 1.82) is 0 Å². The van der Waals surface area contributed by atoms with Crippen LogP contribution in [0, 0.1) is 5.41 Å². The molecule has 0 bridgehead atoms. The lowest BCUT2D eigenvalue weighted by molar-refractivity contribution is -0.174. The molecule has 0 radical (unpaired) electrons. The van der Waals surface area contributed by atoms with E-state index in [9.17, 15) is 13.2 Å². The maximum Gasteiger partial charge on any atom is 0.411 e. The van der Waals surface area contributed by atoms with Crippen LogP contribution in [0.25, 0.3) is 0 Å². The highest BCUT2D eigenvalue weighted by molar-refractivity contribution is 9.09. The van der Waals surface area contributed by atoms with Gasteiger partial charge < -0.3 is 4.74 Å². The number of halogens is 4. The van der Waals surface area contributed by atoms with E-state index in [0.717, 1.165) is 12.8 Å². The molecule has 0 saturated carbocycles. The molecule has 0 spiro atoms. The summed E-state index contributed by atoms with van der Waals surface area (Å²) in [5.41, 5.74) is 0.187. The Morgan fingerprint density at radius 3 is 2.12 bits per heavy atom. The number of rotatable bonds is 6. The number of alkyl halides is 4. The number of hydrogen-bond acceptors (Lipinski definition) is 1. The zero-order valence-electron chi connectivity index (χ0n) is 10.0. The van der Waals surface area contributed by atoms with Gasteiger partial charge in [0.15, 0.2) is 0 Å². The first-order valence-corrected chi connectivity index (χ1v) is 6.33. The lowest BCUT2D eigenvalue weighted by atomic mass is 9.89. The third-order valence-electron chi connectivity index (χ3n) is 2.20. The van der Waals surface area contributed by atoms with Gasteiger partial charge in [-0.15, -0.1) is 0 Å². The van der Waals surface area contributed by atoms with Gasteiger partial charge in [0.25, 0.3) is 0 Å². The van der Waals surface area contributed by atoms with Crippen LogP contribution in [-0.4, -0.2) is 24.2 Å². The molecule has 0 aromatic rings. The van der Waals surface area contributed by atoms with Crippen molar-refractivity contribution in [3.05, 3.63) is 0 Å². The lowest BCUT2D eigenvalue weighted by Crippen LogP contribution is -2.20. The van der Waals surface area contributed by atoms with E-state index in [0.29, 0.717) is 11.2 Å². The topological polar surface area (TPSA) is 9.23 Å². The number of ether oxygens (including phenoxy) is 1. The summed E-state index contributed by atoms with van der Waals surface area (Å²) >= 11 is 3.58. The number of unbranched alkanes of at least 4 members (excludes halogenated alkanes) is 1. The van der Waals surface area contributed by atoms with E-state index in [4.69, 9.17) is 0 Å². The zero-order chi connectivity index (χ0) is 12.8. The standard InChI is InChI=1S/C11H20BrF3O/c1-10(2,3)9(12)6-4-5-7-16-8-11(13,14)15/h9H,4-8H2,1-3H3. The van der Waals surface area contributed by atoms with Gasteiger partial charge in [-0.25, -0.2) is 0 Å². The largest absolute Gasteiger partial charge is 0.411 e. The fourth-order valence-corrected chi connectivity index (χ4v) is 1.47. The Hall–Kier alpha value is 0.230. The summed E-state index contributed by atoms with van der Waals surface area (Å²) < 4.78 is 39.7. The second-order valence-corrected chi connectivity index (χ2v) is 6.10. The summed E-state index contributed by atoms with van der Waals surface area (Å²) in [4.78, 5) is 0.391. The highest BCUT2D eigenvalue weighted by Crippen LogP contribution is 2.29. The Labute approximate surface area is 104 Å². The van der Waals surface area contributed by atoms with E-state index in [1.54, 1.807) is 0 Å². The van der Waals surface area contributed by atoms with Crippen molar-refractivity contribution in [2.75, 3.05) is 13.2 Å². The van der Waals surface area contributed by atoms with Crippen molar-refractivity contribution in [2.24, 2.45) is 5.41 Å². The quantitative estimate of drug-likeness (QED) is 0.517. The Morgan fingerprint density at radius 1 is 1.12 bits per heavy atom. The molecule has 16 heavy (non-hydrogen) atoms.